The van der Waals surface area contributed by atoms with Crippen molar-refractivity contribution < 1.29 is 9.59 Å². The van der Waals surface area contributed by atoms with Crippen LogP contribution >= 0.6 is 27.7 Å². The number of halogens is 1. The zero-order valence-electron chi connectivity index (χ0n) is 11.5. The predicted molar refractivity (Wildman–Crippen MR) is 92.1 cm³/mol. The van der Waals surface area contributed by atoms with Gasteiger partial charge in [0.05, 0.1) is 11.4 Å². The quantitative estimate of drug-likeness (QED) is 0.732. The number of hydrogen-bond acceptors (Lipinski definition) is 3. The molecule has 0 atom stereocenters. The maximum absolute atomic E-state index is 12.4. The Bertz CT molecular complexity index is 758. The molecular formula is C17H12BrNO2S. The van der Waals surface area contributed by atoms with Crippen LogP contribution in [0.15, 0.2) is 64.0 Å². The molecule has 2 aromatic carbocycles. The fourth-order valence-corrected chi connectivity index (χ4v) is 3.44. The van der Waals surface area contributed by atoms with Crippen molar-refractivity contribution in [2.75, 3.05) is 0 Å². The summed E-state index contributed by atoms with van der Waals surface area (Å²) >= 11 is 4.38. The SMILES string of the molecule is O=C1SC(=Cc2ccccc2)C(=O)N1Cc1cccc(Br)c1. The van der Waals surface area contributed by atoms with Crippen LogP contribution in [0, 0.1) is 0 Å². The zero-order chi connectivity index (χ0) is 15.5. The van der Waals surface area contributed by atoms with E-state index in [2.05, 4.69) is 15.9 Å². The molecule has 3 rings (SSSR count). The van der Waals surface area contributed by atoms with E-state index in [1.54, 1.807) is 6.08 Å². The Labute approximate surface area is 141 Å². The van der Waals surface area contributed by atoms with Crippen LogP contribution in [0.2, 0.25) is 0 Å². The molecule has 0 aromatic heterocycles. The van der Waals surface area contributed by atoms with Crippen molar-refractivity contribution in [2.45, 2.75) is 6.54 Å². The van der Waals surface area contributed by atoms with Gasteiger partial charge < -0.3 is 0 Å². The molecule has 3 nitrogen and oxygen atoms in total. The summed E-state index contributed by atoms with van der Waals surface area (Å²) in [6.07, 6.45) is 1.76. The van der Waals surface area contributed by atoms with E-state index in [1.807, 2.05) is 54.6 Å². The smallest absolute Gasteiger partial charge is 0.268 e. The Hall–Kier alpha value is -1.85. The molecule has 0 N–H and O–H groups in total. The number of carbonyl (C=O) groups excluding carboxylic acids is 2. The second-order valence-corrected chi connectivity index (χ2v) is 6.72. The molecule has 0 radical (unpaired) electrons. The number of hydrogen-bond donors (Lipinski definition) is 0. The second kappa shape index (κ2) is 6.50. The molecule has 0 aliphatic carbocycles. The highest BCUT2D eigenvalue weighted by molar-refractivity contribution is 9.10. The van der Waals surface area contributed by atoms with Gasteiger partial charge in [0.2, 0.25) is 0 Å². The largest absolute Gasteiger partial charge is 0.293 e. The molecule has 0 spiro atoms. The highest BCUT2D eigenvalue weighted by Gasteiger charge is 2.34. The van der Waals surface area contributed by atoms with Gasteiger partial charge in [-0.3, -0.25) is 14.5 Å². The van der Waals surface area contributed by atoms with Gasteiger partial charge in [0.15, 0.2) is 0 Å². The molecule has 110 valence electrons. The molecule has 0 unspecified atom stereocenters. The van der Waals surface area contributed by atoms with Gasteiger partial charge in [-0.25, -0.2) is 0 Å². The topological polar surface area (TPSA) is 37.4 Å². The fourth-order valence-electron chi connectivity index (χ4n) is 2.15. The van der Waals surface area contributed by atoms with Crippen LogP contribution in [0.3, 0.4) is 0 Å². The van der Waals surface area contributed by atoms with Gasteiger partial charge in [-0.1, -0.05) is 58.4 Å². The van der Waals surface area contributed by atoms with Crippen LogP contribution in [0.4, 0.5) is 4.79 Å². The van der Waals surface area contributed by atoms with Crippen LogP contribution in [0.1, 0.15) is 11.1 Å². The minimum absolute atomic E-state index is 0.229. The fraction of sp³-hybridized carbons (Fsp3) is 0.0588. The number of amides is 2. The summed E-state index contributed by atoms with van der Waals surface area (Å²) in [4.78, 5) is 26.2. The third-order valence-corrected chi connectivity index (χ3v) is 4.60. The molecule has 0 bridgehead atoms. The normalized spacial score (nSPS) is 16.6. The average Bonchev–Trinajstić information content (AvgIpc) is 2.76. The van der Waals surface area contributed by atoms with Crippen molar-refractivity contribution in [1.29, 1.82) is 0 Å². The Morgan fingerprint density at radius 1 is 1.05 bits per heavy atom. The first-order valence-corrected chi connectivity index (χ1v) is 8.29. The van der Waals surface area contributed by atoms with Gasteiger partial charge in [-0.05, 0) is 41.1 Å². The first kappa shape index (κ1) is 15.1. The van der Waals surface area contributed by atoms with Gasteiger partial charge in [-0.2, -0.15) is 0 Å². The third-order valence-electron chi connectivity index (χ3n) is 3.20. The van der Waals surface area contributed by atoms with Crippen molar-refractivity contribution in [3.05, 3.63) is 75.1 Å². The lowest BCUT2D eigenvalue weighted by Crippen LogP contribution is -2.27. The van der Waals surface area contributed by atoms with Crippen molar-refractivity contribution in [3.63, 3.8) is 0 Å². The van der Waals surface area contributed by atoms with Crippen molar-refractivity contribution in [1.82, 2.24) is 4.90 Å². The second-order valence-electron chi connectivity index (χ2n) is 4.81. The number of rotatable bonds is 3. The summed E-state index contributed by atoms with van der Waals surface area (Å²) < 4.78 is 0.928. The van der Waals surface area contributed by atoms with E-state index in [9.17, 15) is 9.59 Å². The standard InChI is InChI=1S/C17H12BrNO2S/c18-14-8-4-7-13(9-14)11-19-16(20)15(22-17(19)21)10-12-5-2-1-3-6-12/h1-10H,11H2. The lowest BCUT2D eigenvalue weighted by Gasteiger charge is -2.12. The van der Waals surface area contributed by atoms with Gasteiger partial charge in [0, 0.05) is 4.47 Å². The molecule has 1 fully saturated rings. The summed E-state index contributed by atoms with van der Waals surface area (Å²) in [5.41, 5.74) is 1.83. The van der Waals surface area contributed by atoms with Crippen LogP contribution in [0.5, 0.6) is 0 Å². The van der Waals surface area contributed by atoms with E-state index in [1.165, 1.54) is 4.90 Å². The zero-order valence-corrected chi connectivity index (χ0v) is 13.9. The van der Waals surface area contributed by atoms with Crippen molar-refractivity contribution in [3.8, 4) is 0 Å². The predicted octanol–water partition coefficient (Wildman–Crippen LogP) is 4.69. The van der Waals surface area contributed by atoms with E-state index < -0.39 is 0 Å². The summed E-state index contributed by atoms with van der Waals surface area (Å²) in [6.45, 7) is 0.288. The molecular weight excluding hydrogens is 362 g/mol. The maximum Gasteiger partial charge on any atom is 0.293 e. The molecule has 1 aliphatic rings. The number of carbonyl (C=O) groups is 2. The number of imide groups is 1. The number of thioether (sulfide) groups is 1. The van der Waals surface area contributed by atoms with Gasteiger partial charge in [0.1, 0.15) is 0 Å². The molecule has 1 saturated heterocycles. The van der Waals surface area contributed by atoms with Crippen LogP contribution in [-0.4, -0.2) is 16.0 Å². The maximum atomic E-state index is 12.4. The van der Waals surface area contributed by atoms with Gasteiger partial charge in [-0.15, -0.1) is 0 Å². The van der Waals surface area contributed by atoms with Crippen LogP contribution < -0.4 is 0 Å². The highest BCUT2D eigenvalue weighted by atomic mass is 79.9. The van der Waals surface area contributed by atoms with Crippen molar-refractivity contribution in [2.24, 2.45) is 0 Å². The molecule has 22 heavy (non-hydrogen) atoms. The van der Waals surface area contributed by atoms with Gasteiger partial charge in [0.25, 0.3) is 11.1 Å². The lowest BCUT2D eigenvalue weighted by molar-refractivity contribution is -0.123. The monoisotopic (exact) mass is 373 g/mol. The average molecular weight is 374 g/mol. The number of nitrogens with zero attached hydrogens (tertiary/aromatic N) is 1. The number of benzene rings is 2. The van der Waals surface area contributed by atoms with E-state index in [-0.39, 0.29) is 17.7 Å². The van der Waals surface area contributed by atoms with Gasteiger partial charge >= 0.3 is 0 Å². The lowest BCUT2D eigenvalue weighted by atomic mass is 10.2. The first-order valence-electron chi connectivity index (χ1n) is 6.68. The minimum Gasteiger partial charge on any atom is -0.268 e. The van der Waals surface area contributed by atoms with E-state index in [4.69, 9.17) is 0 Å². The summed E-state index contributed by atoms with van der Waals surface area (Å²) in [6, 6.07) is 17.1. The van der Waals surface area contributed by atoms with E-state index in [0.717, 1.165) is 27.4 Å². The summed E-state index contributed by atoms with van der Waals surface area (Å²) in [5, 5.41) is -0.229. The van der Waals surface area contributed by atoms with Crippen LogP contribution in [0.25, 0.3) is 6.08 Å². The molecule has 5 heteroatoms. The Morgan fingerprint density at radius 2 is 1.82 bits per heavy atom. The highest BCUT2D eigenvalue weighted by Crippen LogP contribution is 2.33. The van der Waals surface area contributed by atoms with E-state index >= 15 is 0 Å². The molecule has 2 aromatic rings. The Kier molecular flexibility index (Phi) is 4.45. The Balaban J connectivity index is 1.81. The minimum atomic E-state index is -0.237. The first-order chi connectivity index (χ1) is 10.6. The van der Waals surface area contributed by atoms with Crippen LogP contribution in [-0.2, 0) is 11.3 Å². The molecule has 1 heterocycles. The molecule has 0 saturated carbocycles. The Morgan fingerprint density at radius 3 is 2.55 bits per heavy atom. The molecule has 2 amide bonds. The molecule has 1 aliphatic heterocycles. The summed E-state index contributed by atoms with van der Waals surface area (Å²) in [5.74, 6) is -0.237. The summed E-state index contributed by atoms with van der Waals surface area (Å²) in [7, 11) is 0. The van der Waals surface area contributed by atoms with E-state index in [0.29, 0.717) is 4.91 Å². The van der Waals surface area contributed by atoms with Crippen molar-refractivity contribution >= 4 is 44.9 Å². The third kappa shape index (κ3) is 3.31.